The van der Waals surface area contributed by atoms with Crippen LogP contribution in [0.3, 0.4) is 0 Å². The molecule has 0 amide bonds. The molecule has 41 heavy (non-hydrogen) atoms. The van der Waals surface area contributed by atoms with Crippen LogP contribution in [0.25, 0.3) is 21.1 Å². The number of aromatic nitrogens is 2. The van der Waals surface area contributed by atoms with Gasteiger partial charge in [0.1, 0.15) is 16.6 Å². The van der Waals surface area contributed by atoms with Gasteiger partial charge in [-0.1, -0.05) is 56.3 Å². The molecular weight excluding hydrogens is 553 g/mol. The van der Waals surface area contributed by atoms with E-state index < -0.39 is 10.0 Å². The summed E-state index contributed by atoms with van der Waals surface area (Å²) in [6.45, 7) is 6.92. The maximum Gasteiger partial charge on any atom is 0.263 e. The number of benzene rings is 3. The van der Waals surface area contributed by atoms with Crippen LogP contribution in [0.1, 0.15) is 35.7 Å². The van der Waals surface area contributed by atoms with Gasteiger partial charge in [-0.15, -0.1) is 11.3 Å². The highest BCUT2D eigenvalue weighted by atomic mass is 32.2. The normalized spacial score (nSPS) is 12.0. The van der Waals surface area contributed by atoms with Crippen LogP contribution in [0.5, 0.6) is 0 Å². The summed E-state index contributed by atoms with van der Waals surface area (Å²) in [6, 6.07) is 20.9. The molecular formula is C31H36N6O2S2. The van der Waals surface area contributed by atoms with E-state index in [1.165, 1.54) is 0 Å². The lowest BCUT2D eigenvalue weighted by Gasteiger charge is -2.18. The van der Waals surface area contributed by atoms with Gasteiger partial charge in [0.15, 0.2) is 0 Å². The van der Waals surface area contributed by atoms with Gasteiger partial charge in [-0.3, -0.25) is 10.1 Å². The SMILES string of the molecule is CCN(CC)CCc1sc2ccccc2c1S(=O)(=O)Nc1ccc2c(c1)nc(CCc1ccc(C(=N)N)cc1)n2C. The van der Waals surface area contributed by atoms with Crippen molar-refractivity contribution in [3.05, 3.63) is 88.6 Å². The minimum Gasteiger partial charge on any atom is -0.384 e. The minimum absolute atomic E-state index is 0.0568. The highest BCUT2D eigenvalue weighted by Crippen LogP contribution is 2.36. The molecule has 4 N–H and O–H groups in total. The lowest BCUT2D eigenvalue weighted by Crippen LogP contribution is -2.25. The van der Waals surface area contributed by atoms with Gasteiger partial charge < -0.3 is 15.2 Å². The molecule has 0 saturated heterocycles. The summed E-state index contributed by atoms with van der Waals surface area (Å²) in [5.41, 5.74) is 9.58. The highest BCUT2D eigenvalue weighted by molar-refractivity contribution is 7.93. The number of hydrogen-bond donors (Lipinski definition) is 3. The van der Waals surface area contributed by atoms with Crippen molar-refractivity contribution in [3.8, 4) is 0 Å². The van der Waals surface area contributed by atoms with Crippen molar-refractivity contribution in [1.29, 1.82) is 5.41 Å². The Morgan fingerprint density at radius 2 is 1.76 bits per heavy atom. The van der Waals surface area contributed by atoms with E-state index in [0.29, 0.717) is 22.6 Å². The van der Waals surface area contributed by atoms with Crippen LogP contribution < -0.4 is 10.5 Å². The molecule has 0 aliphatic rings. The van der Waals surface area contributed by atoms with Crippen LogP contribution in [0, 0.1) is 5.41 Å². The van der Waals surface area contributed by atoms with Gasteiger partial charge in [0, 0.05) is 40.5 Å². The predicted molar refractivity (Wildman–Crippen MR) is 170 cm³/mol. The third-order valence-corrected chi connectivity index (χ3v) is 10.4. The molecule has 5 rings (SSSR count). The van der Waals surface area contributed by atoms with E-state index >= 15 is 0 Å². The summed E-state index contributed by atoms with van der Waals surface area (Å²) < 4.78 is 33.6. The first-order chi connectivity index (χ1) is 19.7. The number of nitrogen functional groups attached to an aromatic ring is 1. The smallest absolute Gasteiger partial charge is 0.263 e. The van der Waals surface area contributed by atoms with Crippen molar-refractivity contribution in [2.75, 3.05) is 24.4 Å². The molecule has 0 aliphatic heterocycles. The molecule has 0 unspecified atom stereocenters. The number of hydrogen-bond acceptors (Lipinski definition) is 6. The van der Waals surface area contributed by atoms with E-state index in [1.54, 1.807) is 17.4 Å². The number of fused-ring (bicyclic) bond motifs is 2. The zero-order chi connectivity index (χ0) is 29.1. The largest absolute Gasteiger partial charge is 0.384 e. The van der Waals surface area contributed by atoms with Crippen LogP contribution in [0.2, 0.25) is 0 Å². The lowest BCUT2D eigenvalue weighted by atomic mass is 10.1. The summed E-state index contributed by atoms with van der Waals surface area (Å²) in [7, 11) is -1.85. The second-order valence-corrected chi connectivity index (χ2v) is 12.9. The number of rotatable bonds is 12. The fourth-order valence-corrected chi connectivity index (χ4v) is 8.20. The number of sulfonamides is 1. The maximum absolute atomic E-state index is 13.9. The first-order valence-electron chi connectivity index (χ1n) is 13.8. The molecule has 0 radical (unpaired) electrons. The topological polar surface area (TPSA) is 117 Å². The van der Waals surface area contributed by atoms with Crippen molar-refractivity contribution in [2.45, 2.75) is 38.0 Å². The second-order valence-electron chi connectivity index (χ2n) is 10.1. The molecule has 0 fully saturated rings. The average Bonchev–Trinajstić information content (AvgIpc) is 3.49. The first kappa shape index (κ1) is 28.8. The number of nitrogens with zero attached hydrogens (tertiary/aromatic N) is 3. The standard InChI is InChI=1S/C31H36N6O2S2/c1-4-37(5-2)19-18-28-30(24-8-6-7-9-27(24)40-28)41(38,39)35-23-15-16-26-25(20-23)34-29(36(26)3)17-12-21-10-13-22(14-11-21)31(32)33/h6-11,13-16,20,35H,4-5,12,17-19H2,1-3H3,(H3,32,33). The molecule has 0 spiro atoms. The fourth-order valence-electron chi connectivity index (χ4n) is 5.18. The summed E-state index contributed by atoms with van der Waals surface area (Å²) in [5.74, 6) is 0.972. The quantitative estimate of drug-likeness (QED) is 0.131. The number of nitrogens with one attached hydrogen (secondary N) is 2. The van der Waals surface area contributed by atoms with Crippen molar-refractivity contribution < 1.29 is 8.42 Å². The number of nitrogens with two attached hydrogens (primary N) is 1. The minimum atomic E-state index is -3.83. The Kier molecular flexibility index (Phi) is 8.44. The molecule has 214 valence electrons. The zero-order valence-electron chi connectivity index (χ0n) is 23.6. The Balaban J connectivity index is 1.39. The molecule has 0 aliphatic carbocycles. The number of imidazole rings is 1. The highest BCUT2D eigenvalue weighted by Gasteiger charge is 2.25. The van der Waals surface area contributed by atoms with Crippen LogP contribution in [-0.2, 0) is 36.3 Å². The number of likely N-dealkylation sites (N-methyl/N-ethyl adjacent to an activating group) is 1. The lowest BCUT2D eigenvalue weighted by molar-refractivity contribution is 0.308. The Morgan fingerprint density at radius 3 is 2.46 bits per heavy atom. The summed E-state index contributed by atoms with van der Waals surface area (Å²) >= 11 is 1.56. The number of aryl methyl sites for hydroxylation is 3. The summed E-state index contributed by atoms with van der Waals surface area (Å²) in [5, 5.41) is 8.32. The van der Waals surface area contributed by atoms with E-state index in [1.807, 2.05) is 67.7 Å². The van der Waals surface area contributed by atoms with Gasteiger partial charge in [-0.05, 0) is 55.8 Å². The molecule has 2 aromatic heterocycles. The molecule has 3 aromatic carbocycles. The average molecular weight is 589 g/mol. The van der Waals surface area contributed by atoms with Gasteiger partial charge in [0.05, 0.1) is 16.7 Å². The van der Waals surface area contributed by atoms with E-state index in [9.17, 15) is 8.42 Å². The molecule has 0 bridgehead atoms. The molecule has 0 atom stereocenters. The number of anilines is 1. The van der Waals surface area contributed by atoms with Crippen LogP contribution in [0.15, 0.2) is 71.6 Å². The van der Waals surface area contributed by atoms with Crippen LogP contribution in [-0.4, -0.2) is 48.3 Å². The van der Waals surface area contributed by atoms with Crippen LogP contribution >= 0.6 is 11.3 Å². The zero-order valence-corrected chi connectivity index (χ0v) is 25.3. The van der Waals surface area contributed by atoms with Gasteiger partial charge in [-0.25, -0.2) is 13.4 Å². The Hall–Kier alpha value is -3.73. The van der Waals surface area contributed by atoms with E-state index in [2.05, 4.69) is 28.0 Å². The number of amidine groups is 1. The molecule has 5 aromatic rings. The summed E-state index contributed by atoms with van der Waals surface area (Å²) in [4.78, 5) is 8.40. The fraction of sp³-hybridized carbons (Fsp3) is 0.290. The molecule has 10 heteroatoms. The third-order valence-electron chi connectivity index (χ3n) is 7.56. The third kappa shape index (κ3) is 6.14. The Morgan fingerprint density at radius 1 is 1.02 bits per heavy atom. The maximum atomic E-state index is 13.9. The first-order valence-corrected chi connectivity index (χ1v) is 16.1. The van der Waals surface area contributed by atoms with Crippen LogP contribution in [0.4, 0.5) is 5.69 Å². The predicted octanol–water partition coefficient (Wildman–Crippen LogP) is 5.54. The van der Waals surface area contributed by atoms with Crippen molar-refractivity contribution in [2.24, 2.45) is 12.8 Å². The van der Waals surface area contributed by atoms with Crippen molar-refractivity contribution in [3.63, 3.8) is 0 Å². The van der Waals surface area contributed by atoms with Crippen molar-refractivity contribution in [1.82, 2.24) is 14.5 Å². The van der Waals surface area contributed by atoms with E-state index in [4.69, 9.17) is 16.1 Å². The van der Waals surface area contributed by atoms with Gasteiger partial charge in [-0.2, -0.15) is 0 Å². The van der Waals surface area contributed by atoms with Gasteiger partial charge in [0.25, 0.3) is 10.0 Å². The monoisotopic (exact) mass is 588 g/mol. The molecule has 2 heterocycles. The van der Waals surface area contributed by atoms with Gasteiger partial charge in [0.2, 0.25) is 0 Å². The molecule has 8 nitrogen and oxygen atoms in total. The Bertz CT molecular complexity index is 1800. The Labute approximate surface area is 245 Å². The van der Waals surface area contributed by atoms with Crippen molar-refractivity contribution >= 4 is 54.0 Å². The van der Waals surface area contributed by atoms with E-state index in [0.717, 1.165) is 69.9 Å². The molecule has 0 saturated carbocycles. The summed E-state index contributed by atoms with van der Waals surface area (Å²) in [6.07, 6.45) is 2.19. The second kappa shape index (κ2) is 12.0. The van der Waals surface area contributed by atoms with E-state index in [-0.39, 0.29) is 5.84 Å². The number of thiophene rings is 1. The van der Waals surface area contributed by atoms with Gasteiger partial charge >= 0.3 is 0 Å².